The molecular formula is C6H13O3S-. The molecule has 0 N–H and O–H groups in total. The third kappa shape index (κ3) is 7.91. The number of rotatable bonds is 4. The monoisotopic (exact) mass is 165 g/mol. The molecule has 0 spiro atoms. The standard InChI is InChI=1S/C6H14O3S/c1-6(2)4-3-5-10(7,8)9/h6H,3-5H2,1-2H3,(H,7,8,9)/p-1. The summed E-state index contributed by atoms with van der Waals surface area (Å²) in [7, 11) is -3.97. The average Bonchev–Trinajstić information content (AvgIpc) is 1.59. The summed E-state index contributed by atoms with van der Waals surface area (Å²) in [5.41, 5.74) is 0. The molecule has 4 heteroatoms. The van der Waals surface area contributed by atoms with Gasteiger partial charge in [0.2, 0.25) is 0 Å². The highest BCUT2D eigenvalue weighted by Gasteiger charge is 1.97. The van der Waals surface area contributed by atoms with Crippen molar-refractivity contribution in [3.05, 3.63) is 0 Å². The van der Waals surface area contributed by atoms with Crippen LogP contribution >= 0.6 is 0 Å². The van der Waals surface area contributed by atoms with Crippen LogP contribution < -0.4 is 0 Å². The van der Waals surface area contributed by atoms with E-state index in [1.54, 1.807) is 0 Å². The Labute approximate surface area is 62.2 Å². The van der Waals surface area contributed by atoms with Gasteiger partial charge in [0.1, 0.15) is 0 Å². The van der Waals surface area contributed by atoms with Crippen LogP contribution in [0.4, 0.5) is 0 Å². The number of hydrogen-bond acceptors (Lipinski definition) is 3. The Morgan fingerprint density at radius 3 is 2.20 bits per heavy atom. The molecule has 0 fully saturated rings. The fraction of sp³-hybridized carbons (Fsp3) is 1.00. The van der Waals surface area contributed by atoms with Crippen LogP contribution in [0.2, 0.25) is 0 Å². The summed E-state index contributed by atoms with van der Waals surface area (Å²) in [5, 5.41) is 0. The van der Waals surface area contributed by atoms with E-state index in [-0.39, 0.29) is 5.75 Å². The lowest BCUT2D eigenvalue weighted by atomic mass is 10.1. The molecule has 0 rings (SSSR count). The molecule has 0 aliphatic heterocycles. The minimum Gasteiger partial charge on any atom is -0.748 e. The zero-order chi connectivity index (χ0) is 8.20. The summed E-state index contributed by atoms with van der Waals surface area (Å²) >= 11 is 0. The second-order valence-electron chi connectivity index (χ2n) is 2.80. The van der Waals surface area contributed by atoms with Gasteiger partial charge >= 0.3 is 0 Å². The molecule has 0 saturated heterocycles. The van der Waals surface area contributed by atoms with E-state index in [9.17, 15) is 13.0 Å². The largest absolute Gasteiger partial charge is 0.748 e. The summed E-state index contributed by atoms with van der Waals surface area (Å²) in [6, 6.07) is 0. The number of hydrogen-bond donors (Lipinski definition) is 0. The SMILES string of the molecule is CC(C)CCCS(=O)(=O)[O-]. The Kier molecular flexibility index (Phi) is 3.89. The Morgan fingerprint density at radius 2 is 1.90 bits per heavy atom. The molecule has 3 nitrogen and oxygen atoms in total. The molecule has 0 aliphatic carbocycles. The third-order valence-corrected chi connectivity index (χ3v) is 1.96. The Hall–Kier alpha value is -0.0900. The predicted octanol–water partition coefficient (Wildman–Crippen LogP) is 0.968. The van der Waals surface area contributed by atoms with Gasteiger partial charge in [0.15, 0.2) is 0 Å². The van der Waals surface area contributed by atoms with Crippen molar-refractivity contribution in [1.82, 2.24) is 0 Å². The molecule has 0 radical (unpaired) electrons. The first-order valence-corrected chi connectivity index (χ1v) is 4.93. The van der Waals surface area contributed by atoms with Gasteiger partial charge in [-0.3, -0.25) is 0 Å². The third-order valence-electron chi connectivity index (χ3n) is 1.18. The molecule has 0 aromatic rings. The predicted molar refractivity (Wildman–Crippen MR) is 38.6 cm³/mol. The molecule has 62 valence electrons. The van der Waals surface area contributed by atoms with Crippen LogP contribution in [0.1, 0.15) is 26.7 Å². The quantitative estimate of drug-likeness (QED) is 0.583. The van der Waals surface area contributed by atoms with Crippen LogP contribution in [-0.4, -0.2) is 18.7 Å². The highest BCUT2D eigenvalue weighted by molar-refractivity contribution is 7.85. The van der Waals surface area contributed by atoms with Crippen molar-refractivity contribution in [2.75, 3.05) is 5.75 Å². The molecule has 0 aliphatic rings. The summed E-state index contributed by atoms with van der Waals surface area (Å²) in [5.74, 6) is 0.257. The van der Waals surface area contributed by atoms with Crippen molar-refractivity contribution in [2.45, 2.75) is 26.7 Å². The van der Waals surface area contributed by atoms with Gasteiger partial charge in [0.05, 0.1) is 10.1 Å². The van der Waals surface area contributed by atoms with Crippen molar-refractivity contribution in [1.29, 1.82) is 0 Å². The highest BCUT2D eigenvalue weighted by atomic mass is 32.2. The van der Waals surface area contributed by atoms with E-state index in [2.05, 4.69) is 0 Å². The summed E-state index contributed by atoms with van der Waals surface area (Å²) in [6.07, 6.45) is 1.30. The molecule has 0 heterocycles. The maximum Gasteiger partial charge on any atom is 0.0945 e. The molecule has 0 amide bonds. The maximum atomic E-state index is 10.1. The van der Waals surface area contributed by atoms with Crippen molar-refractivity contribution in [3.63, 3.8) is 0 Å². The summed E-state index contributed by atoms with van der Waals surface area (Å²) in [6.45, 7) is 3.99. The second kappa shape index (κ2) is 3.93. The van der Waals surface area contributed by atoms with Crippen molar-refractivity contribution >= 4 is 10.1 Å². The van der Waals surface area contributed by atoms with Gasteiger partial charge in [0.25, 0.3) is 0 Å². The van der Waals surface area contributed by atoms with E-state index in [1.807, 2.05) is 13.8 Å². The van der Waals surface area contributed by atoms with E-state index < -0.39 is 10.1 Å². The van der Waals surface area contributed by atoms with E-state index in [0.717, 1.165) is 6.42 Å². The first kappa shape index (κ1) is 9.91. The van der Waals surface area contributed by atoms with Gasteiger partial charge in [-0.2, -0.15) is 0 Å². The van der Waals surface area contributed by atoms with Crippen LogP contribution in [0.5, 0.6) is 0 Å². The molecular weight excluding hydrogens is 152 g/mol. The lowest BCUT2D eigenvalue weighted by Crippen LogP contribution is -2.04. The van der Waals surface area contributed by atoms with Crippen LogP contribution in [0.25, 0.3) is 0 Å². The van der Waals surface area contributed by atoms with Crippen molar-refractivity contribution < 1.29 is 13.0 Å². The van der Waals surface area contributed by atoms with Gasteiger partial charge in [-0.25, -0.2) is 8.42 Å². The molecule has 0 bridgehead atoms. The van der Waals surface area contributed by atoms with Crippen LogP contribution in [0.3, 0.4) is 0 Å². The van der Waals surface area contributed by atoms with Crippen LogP contribution in [0.15, 0.2) is 0 Å². The van der Waals surface area contributed by atoms with E-state index in [1.165, 1.54) is 0 Å². The van der Waals surface area contributed by atoms with E-state index in [0.29, 0.717) is 12.3 Å². The zero-order valence-corrected chi connectivity index (χ0v) is 7.15. The highest BCUT2D eigenvalue weighted by Crippen LogP contribution is 2.04. The lowest BCUT2D eigenvalue weighted by Gasteiger charge is -2.07. The maximum absolute atomic E-state index is 10.1. The Balaban J connectivity index is 3.39. The smallest absolute Gasteiger partial charge is 0.0945 e. The van der Waals surface area contributed by atoms with Crippen molar-refractivity contribution in [2.24, 2.45) is 5.92 Å². The van der Waals surface area contributed by atoms with Crippen LogP contribution in [-0.2, 0) is 10.1 Å². The van der Waals surface area contributed by atoms with E-state index in [4.69, 9.17) is 0 Å². The fourth-order valence-electron chi connectivity index (χ4n) is 0.668. The fourth-order valence-corrected chi connectivity index (χ4v) is 1.19. The van der Waals surface area contributed by atoms with Gasteiger partial charge < -0.3 is 4.55 Å². The Morgan fingerprint density at radius 1 is 1.40 bits per heavy atom. The normalized spacial score (nSPS) is 12.4. The van der Waals surface area contributed by atoms with Gasteiger partial charge in [-0.15, -0.1) is 0 Å². The lowest BCUT2D eigenvalue weighted by molar-refractivity contribution is 0.456. The second-order valence-corrected chi connectivity index (χ2v) is 4.32. The van der Waals surface area contributed by atoms with Gasteiger partial charge in [-0.1, -0.05) is 20.3 Å². The molecule has 0 atom stereocenters. The molecule has 10 heavy (non-hydrogen) atoms. The van der Waals surface area contributed by atoms with Gasteiger partial charge in [0, 0.05) is 5.75 Å². The van der Waals surface area contributed by atoms with Crippen molar-refractivity contribution in [3.8, 4) is 0 Å². The first-order valence-electron chi connectivity index (χ1n) is 3.35. The minimum atomic E-state index is -3.97. The minimum absolute atomic E-state index is 0.217. The summed E-state index contributed by atoms with van der Waals surface area (Å²) < 4.78 is 30.2. The summed E-state index contributed by atoms with van der Waals surface area (Å²) in [4.78, 5) is 0. The Bertz CT molecular complexity index is 169. The van der Waals surface area contributed by atoms with Crippen LogP contribution in [0, 0.1) is 5.92 Å². The average molecular weight is 165 g/mol. The molecule has 0 aromatic heterocycles. The zero-order valence-electron chi connectivity index (χ0n) is 6.33. The van der Waals surface area contributed by atoms with Gasteiger partial charge in [-0.05, 0) is 12.3 Å². The topological polar surface area (TPSA) is 57.2 Å². The molecule has 0 saturated carbocycles. The molecule has 0 aromatic carbocycles. The molecule has 0 unspecified atom stereocenters. The first-order chi connectivity index (χ1) is 4.42. The van der Waals surface area contributed by atoms with E-state index >= 15 is 0 Å².